The van der Waals surface area contributed by atoms with Crippen molar-refractivity contribution >= 4 is 33.5 Å². The number of nitrogens with one attached hydrogen (secondary N) is 1. The molecule has 0 unspecified atom stereocenters. The summed E-state index contributed by atoms with van der Waals surface area (Å²) >= 11 is 1.67. The van der Waals surface area contributed by atoms with Crippen LogP contribution < -0.4 is 10.1 Å². The van der Waals surface area contributed by atoms with Crippen molar-refractivity contribution in [3.05, 3.63) is 48.5 Å². The number of hydrogen-bond acceptors (Lipinski definition) is 3. The molecule has 1 heterocycles. The molecule has 0 aliphatic rings. The Kier molecular flexibility index (Phi) is 3.39. The second kappa shape index (κ2) is 5.35. The minimum atomic E-state index is 0.724. The van der Waals surface area contributed by atoms with E-state index in [2.05, 4.69) is 11.4 Å². The van der Waals surface area contributed by atoms with E-state index in [-0.39, 0.29) is 0 Å². The number of methoxy groups -OCH3 is 1. The van der Waals surface area contributed by atoms with Crippen LogP contribution in [0.4, 0.5) is 5.69 Å². The van der Waals surface area contributed by atoms with Crippen LogP contribution in [0.3, 0.4) is 0 Å². The number of rotatable bonds is 4. The van der Waals surface area contributed by atoms with Crippen molar-refractivity contribution in [1.82, 2.24) is 0 Å². The molecule has 0 radical (unpaired) electrons. The van der Waals surface area contributed by atoms with Crippen LogP contribution in [0.5, 0.6) is 5.75 Å². The van der Waals surface area contributed by atoms with E-state index < -0.39 is 0 Å². The lowest BCUT2D eigenvalue weighted by atomic mass is 10.1. The molecule has 0 spiro atoms. The number of amides is 1. The van der Waals surface area contributed by atoms with Crippen LogP contribution in [-0.4, -0.2) is 13.5 Å². The van der Waals surface area contributed by atoms with E-state index in [1.54, 1.807) is 18.4 Å². The minimum Gasteiger partial charge on any atom is -0.497 e. The number of thiophene rings is 1. The van der Waals surface area contributed by atoms with E-state index in [4.69, 9.17) is 4.74 Å². The van der Waals surface area contributed by atoms with Crippen molar-refractivity contribution in [3.8, 4) is 16.2 Å². The highest BCUT2D eigenvalue weighted by atomic mass is 32.1. The molecule has 2 aromatic carbocycles. The topological polar surface area (TPSA) is 38.3 Å². The highest BCUT2D eigenvalue weighted by Gasteiger charge is 2.13. The Morgan fingerprint density at radius 3 is 2.55 bits per heavy atom. The maximum Gasteiger partial charge on any atom is 0.211 e. The normalized spacial score (nSPS) is 10.4. The highest BCUT2D eigenvalue weighted by Crippen LogP contribution is 2.42. The van der Waals surface area contributed by atoms with Crippen molar-refractivity contribution in [1.29, 1.82) is 0 Å². The second-order valence-electron chi connectivity index (χ2n) is 4.29. The zero-order chi connectivity index (χ0) is 13.9. The molecule has 4 heteroatoms. The number of carbonyl (C=O) groups excluding carboxylic acids is 1. The van der Waals surface area contributed by atoms with Gasteiger partial charge in [-0.05, 0) is 35.9 Å². The molecule has 0 aliphatic heterocycles. The van der Waals surface area contributed by atoms with Gasteiger partial charge in [-0.3, -0.25) is 4.79 Å². The predicted molar refractivity (Wildman–Crippen MR) is 83.5 cm³/mol. The van der Waals surface area contributed by atoms with E-state index in [1.807, 2.05) is 42.5 Å². The fourth-order valence-corrected chi connectivity index (χ4v) is 3.36. The maximum absolute atomic E-state index is 10.9. The first kappa shape index (κ1) is 12.7. The molecule has 0 saturated heterocycles. The van der Waals surface area contributed by atoms with Gasteiger partial charge in [0.25, 0.3) is 0 Å². The van der Waals surface area contributed by atoms with Gasteiger partial charge in [0, 0.05) is 10.1 Å². The summed E-state index contributed by atoms with van der Waals surface area (Å²) in [7, 11) is 1.65. The van der Waals surface area contributed by atoms with Gasteiger partial charge in [0.1, 0.15) is 5.75 Å². The van der Waals surface area contributed by atoms with Crippen molar-refractivity contribution in [3.63, 3.8) is 0 Å². The lowest BCUT2D eigenvalue weighted by molar-refractivity contribution is -0.105. The molecule has 1 N–H and O–H groups in total. The number of ether oxygens (including phenoxy) is 1. The summed E-state index contributed by atoms with van der Waals surface area (Å²) in [5, 5.41) is 3.89. The fourth-order valence-electron chi connectivity index (χ4n) is 2.19. The van der Waals surface area contributed by atoms with E-state index in [1.165, 1.54) is 0 Å². The number of fused-ring (bicyclic) bond motifs is 1. The summed E-state index contributed by atoms with van der Waals surface area (Å²) in [4.78, 5) is 11.9. The first-order valence-corrected chi connectivity index (χ1v) is 7.01. The monoisotopic (exact) mass is 283 g/mol. The molecule has 0 bridgehead atoms. The highest BCUT2D eigenvalue weighted by molar-refractivity contribution is 7.23. The largest absolute Gasteiger partial charge is 0.497 e. The zero-order valence-electron chi connectivity index (χ0n) is 10.9. The molecule has 3 aromatic rings. The smallest absolute Gasteiger partial charge is 0.211 e. The Morgan fingerprint density at radius 1 is 1.10 bits per heavy atom. The Bertz CT molecular complexity index is 747. The lowest BCUT2D eigenvalue weighted by Crippen LogP contribution is -1.94. The zero-order valence-corrected chi connectivity index (χ0v) is 11.7. The lowest BCUT2D eigenvalue weighted by Gasteiger charge is -2.04. The van der Waals surface area contributed by atoms with Crippen molar-refractivity contribution < 1.29 is 9.53 Å². The summed E-state index contributed by atoms with van der Waals surface area (Å²) in [5.74, 6) is 0.819. The third kappa shape index (κ3) is 2.14. The Hall–Kier alpha value is -2.33. The quantitative estimate of drug-likeness (QED) is 0.731. The van der Waals surface area contributed by atoms with Crippen LogP contribution in [0, 0.1) is 0 Å². The van der Waals surface area contributed by atoms with E-state index >= 15 is 0 Å². The summed E-state index contributed by atoms with van der Waals surface area (Å²) in [5.41, 5.74) is 1.93. The van der Waals surface area contributed by atoms with Crippen LogP contribution in [0.15, 0.2) is 48.5 Å². The first-order chi connectivity index (χ1) is 9.83. The molecule has 0 atom stereocenters. The molecule has 0 aliphatic carbocycles. The summed E-state index contributed by atoms with van der Waals surface area (Å²) in [6, 6.07) is 15.9. The van der Waals surface area contributed by atoms with Crippen molar-refractivity contribution in [2.24, 2.45) is 0 Å². The Balaban J connectivity index is 2.18. The number of benzene rings is 2. The van der Waals surface area contributed by atoms with Gasteiger partial charge in [-0.25, -0.2) is 0 Å². The standard InChI is InChI=1S/C16H13NO2S/c1-19-12-8-6-11(7-9-12)16-15(17-10-18)13-4-2-3-5-14(13)20-16/h2-10H,1H3,(H,17,18). The predicted octanol–water partition coefficient (Wildman–Crippen LogP) is 4.15. The van der Waals surface area contributed by atoms with Gasteiger partial charge < -0.3 is 10.1 Å². The van der Waals surface area contributed by atoms with Gasteiger partial charge >= 0.3 is 0 Å². The summed E-state index contributed by atoms with van der Waals surface area (Å²) in [6.45, 7) is 0. The fraction of sp³-hybridized carbons (Fsp3) is 0.0625. The van der Waals surface area contributed by atoms with Gasteiger partial charge in [0.2, 0.25) is 6.41 Å². The Morgan fingerprint density at radius 2 is 1.85 bits per heavy atom. The number of hydrogen-bond donors (Lipinski definition) is 1. The Labute approximate surface area is 120 Å². The third-order valence-corrected chi connectivity index (χ3v) is 4.37. The minimum absolute atomic E-state index is 0.724. The van der Waals surface area contributed by atoms with E-state index in [0.717, 1.165) is 38.4 Å². The molecule has 100 valence electrons. The van der Waals surface area contributed by atoms with Crippen LogP contribution in [0.2, 0.25) is 0 Å². The van der Waals surface area contributed by atoms with Gasteiger partial charge in [-0.2, -0.15) is 0 Å². The van der Waals surface area contributed by atoms with Crippen LogP contribution in [0.1, 0.15) is 0 Å². The first-order valence-electron chi connectivity index (χ1n) is 6.19. The molecule has 20 heavy (non-hydrogen) atoms. The van der Waals surface area contributed by atoms with Gasteiger partial charge in [-0.15, -0.1) is 11.3 Å². The molecule has 0 fully saturated rings. The molecule has 0 saturated carbocycles. The molecule has 1 aromatic heterocycles. The molecule has 3 rings (SSSR count). The van der Waals surface area contributed by atoms with Crippen LogP contribution in [-0.2, 0) is 4.79 Å². The average Bonchev–Trinajstić information content (AvgIpc) is 2.87. The molecule has 1 amide bonds. The number of anilines is 1. The molecule has 3 nitrogen and oxygen atoms in total. The van der Waals surface area contributed by atoms with E-state index in [9.17, 15) is 4.79 Å². The van der Waals surface area contributed by atoms with Crippen LogP contribution >= 0.6 is 11.3 Å². The maximum atomic E-state index is 10.9. The average molecular weight is 283 g/mol. The third-order valence-electron chi connectivity index (χ3n) is 3.15. The molecular formula is C16H13NO2S. The van der Waals surface area contributed by atoms with E-state index in [0.29, 0.717) is 0 Å². The SMILES string of the molecule is COc1ccc(-c2sc3ccccc3c2NC=O)cc1. The second-order valence-corrected chi connectivity index (χ2v) is 5.35. The van der Waals surface area contributed by atoms with Crippen molar-refractivity contribution in [2.45, 2.75) is 0 Å². The van der Waals surface area contributed by atoms with Gasteiger partial charge in [0.05, 0.1) is 17.7 Å². The van der Waals surface area contributed by atoms with Gasteiger partial charge in [0.15, 0.2) is 0 Å². The van der Waals surface area contributed by atoms with Gasteiger partial charge in [-0.1, -0.05) is 18.2 Å². The molecular weight excluding hydrogens is 270 g/mol. The van der Waals surface area contributed by atoms with Crippen LogP contribution in [0.25, 0.3) is 20.5 Å². The summed E-state index contributed by atoms with van der Waals surface area (Å²) in [6.07, 6.45) is 0.724. The van der Waals surface area contributed by atoms with Crippen molar-refractivity contribution in [2.75, 3.05) is 12.4 Å². The number of carbonyl (C=O) groups is 1. The summed E-state index contributed by atoms with van der Waals surface area (Å²) < 4.78 is 6.33.